The number of nitrogens with one attached hydrogen (secondary N) is 2. The summed E-state index contributed by atoms with van der Waals surface area (Å²) in [6.07, 6.45) is 3.57. The molecule has 0 aliphatic carbocycles. The minimum atomic E-state index is -0.760. The number of carbonyl (C=O) groups is 3. The van der Waals surface area contributed by atoms with Gasteiger partial charge in [0.1, 0.15) is 17.7 Å². The van der Waals surface area contributed by atoms with Crippen molar-refractivity contribution in [3.8, 4) is 0 Å². The van der Waals surface area contributed by atoms with E-state index in [1.165, 1.54) is 18.2 Å². The number of hydrogen-bond donors (Lipinski definition) is 2. The number of halogens is 1. The van der Waals surface area contributed by atoms with E-state index in [0.717, 1.165) is 16.4 Å². The monoisotopic (exact) mass is 438 g/mol. The van der Waals surface area contributed by atoms with Crippen LogP contribution in [0.3, 0.4) is 0 Å². The number of aromatic nitrogens is 3. The normalized spacial score (nSPS) is 15.9. The number of pyridine rings is 1. The second-order valence-corrected chi connectivity index (χ2v) is 7.59. The van der Waals surface area contributed by atoms with Crippen LogP contribution in [0.5, 0.6) is 0 Å². The first-order chi connectivity index (χ1) is 15.5. The zero-order valence-electron chi connectivity index (χ0n) is 17.3. The smallest absolute Gasteiger partial charge is 0.325 e. The van der Waals surface area contributed by atoms with Gasteiger partial charge in [0.25, 0.3) is 5.91 Å². The molecule has 1 aliphatic heterocycles. The average Bonchev–Trinajstić information content (AvgIpc) is 3.31. The Morgan fingerprint density at radius 2 is 2.03 bits per heavy atom. The summed E-state index contributed by atoms with van der Waals surface area (Å²) in [5, 5.41) is 13.7. The molecule has 1 saturated heterocycles. The van der Waals surface area contributed by atoms with E-state index < -0.39 is 23.8 Å². The highest BCUT2D eigenvalue weighted by Crippen LogP contribution is 2.16. The van der Waals surface area contributed by atoms with Crippen molar-refractivity contribution >= 4 is 23.5 Å². The molecule has 1 unspecified atom stereocenters. The maximum Gasteiger partial charge on any atom is 0.325 e. The number of nitrogens with zero attached hydrogens (tertiary/aromatic N) is 4. The first-order valence-electron chi connectivity index (χ1n) is 10.4. The van der Waals surface area contributed by atoms with Crippen LogP contribution in [0.15, 0.2) is 48.7 Å². The Bertz CT molecular complexity index is 1150. The molecule has 0 bridgehead atoms. The van der Waals surface area contributed by atoms with E-state index in [2.05, 4.69) is 20.8 Å². The number of urea groups is 1. The van der Waals surface area contributed by atoms with E-state index in [9.17, 15) is 18.8 Å². The summed E-state index contributed by atoms with van der Waals surface area (Å²) in [6, 6.07) is 10.1. The number of carbonyl (C=O) groups excluding carboxylic acids is 3. The van der Waals surface area contributed by atoms with Crippen LogP contribution in [-0.4, -0.2) is 49.9 Å². The average molecular weight is 438 g/mol. The molecule has 166 valence electrons. The standard InChI is InChI=1S/C22H23FN6O3/c23-16-6-3-5-15(13-16)14-29-21(31)17(25-22(29)32)9-10-20(30)24-11-4-8-19-27-26-18-7-1-2-12-28(18)19/h1-3,5-7,12-13,17H,4,8-11,14H2,(H,24,30)(H,25,32). The summed E-state index contributed by atoms with van der Waals surface area (Å²) in [6.45, 7) is 0.458. The van der Waals surface area contributed by atoms with Gasteiger partial charge in [0.15, 0.2) is 5.65 Å². The first kappa shape index (κ1) is 21.4. The molecule has 2 N–H and O–H groups in total. The Morgan fingerprint density at radius 3 is 2.88 bits per heavy atom. The number of hydrogen-bond acceptors (Lipinski definition) is 5. The predicted molar refractivity (Wildman–Crippen MR) is 113 cm³/mol. The number of imide groups is 1. The Balaban J connectivity index is 1.19. The van der Waals surface area contributed by atoms with E-state index in [4.69, 9.17) is 0 Å². The fourth-order valence-electron chi connectivity index (χ4n) is 3.64. The molecule has 0 saturated carbocycles. The van der Waals surface area contributed by atoms with Gasteiger partial charge >= 0.3 is 6.03 Å². The maximum absolute atomic E-state index is 13.3. The van der Waals surface area contributed by atoms with Gasteiger partial charge in [-0.25, -0.2) is 9.18 Å². The lowest BCUT2D eigenvalue weighted by Crippen LogP contribution is -2.32. The summed E-state index contributed by atoms with van der Waals surface area (Å²) in [5.74, 6) is -0.208. The van der Waals surface area contributed by atoms with Crippen molar-refractivity contribution in [3.05, 3.63) is 65.9 Å². The van der Waals surface area contributed by atoms with E-state index in [1.54, 1.807) is 6.07 Å². The van der Waals surface area contributed by atoms with Crippen molar-refractivity contribution in [1.29, 1.82) is 0 Å². The number of benzene rings is 1. The molecule has 3 aromatic rings. The van der Waals surface area contributed by atoms with E-state index in [0.29, 0.717) is 24.9 Å². The summed E-state index contributed by atoms with van der Waals surface area (Å²) in [7, 11) is 0. The van der Waals surface area contributed by atoms with Crippen LogP contribution in [0.4, 0.5) is 9.18 Å². The molecule has 1 atom stereocenters. The van der Waals surface area contributed by atoms with E-state index in [1.807, 2.05) is 28.8 Å². The molecular weight excluding hydrogens is 415 g/mol. The zero-order valence-corrected chi connectivity index (χ0v) is 17.3. The highest BCUT2D eigenvalue weighted by atomic mass is 19.1. The third-order valence-corrected chi connectivity index (χ3v) is 5.28. The summed E-state index contributed by atoms with van der Waals surface area (Å²) < 4.78 is 15.3. The number of rotatable bonds is 9. The van der Waals surface area contributed by atoms with Crippen molar-refractivity contribution in [2.75, 3.05) is 6.54 Å². The van der Waals surface area contributed by atoms with Crippen molar-refractivity contribution in [1.82, 2.24) is 30.1 Å². The molecule has 2 aromatic heterocycles. The largest absolute Gasteiger partial charge is 0.356 e. The van der Waals surface area contributed by atoms with Gasteiger partial charge in [0.2, 0.25) is 5.91 Å². The Hall–Kier alpha value is -3.82. The SMILES string of the molecule is O=C(CCC1NC(=O)N(Cc2cccc(F)c2)C1=O)NCCCc1nnc2ccccn12. The van der Waals surface area contributed by atoms with Gasteiger partial charge in [-0.05, 0) is 42.7 Å². The Labute approximate surface area is 183 Å². The predicted octanol–water partition coefficient (Wildman–Crippen LogP) is 1.82. The molecule has 1 aliphatic rings. The van der Waals surface area contributed by atoms with Gasteiger partial charge in [-0.2, -0.15) is 0 Å². The molecule has 1 fully saturated rings. The third-order valence-electron chi connectivity index (χ3n) is 5.28. The molecule has 4 rings (SSSR count). The fourth-order valence-corrected chi connectivity index (χ4v) is 3.64. The Morgan fingerprint density at radius 1 is 1.16 bits per heavy atom. The van der Waals surface area contributed by atoms with E-state index >= 15 is 0 Å². The minimum Gasteiger partial charge on any atom is -0.356 e. The van der Waals surface area contributed by atoms with Crippen LogP contribution in [0.25, 0.3) is 5.65 Å². The molecule has 10 heteroatoms. The van der Waals surface area contributed by atoms with Crippen molar-refractivity contribution in [3.63, 3.8) is 0 Å². The fraction of sp³-hybridized carbons (Fsp3) is 0.318. The Kier molecular flexibility index (Phi) is 6.39. The third kappa shape index (κ3) is 4.90. The highest BCUT2D eigenvalue weighted by Gasteiger charge is 2.37. The lowest BCUT2D eigenvalue weighted by molar-refractivity contribution is -0.128. The molecule has 1 aromatic carbocycles. The van der Waals surface area contributed by atoms with Crippen LogP contribution in [0.1, 0.15) is 30.7 Å². The van der Waals surface area contributed by atoms with Crippen LogP contribution in [-0.2, 0) is 22.6 Å². The molecular formula is C22H23FN6O3. The molecule has 0 spiro atoms. The summed E-state index contributed by atoms with van der Waals surface area (Å²) >= 11 is 0. The molecule has 9 nitrogen and oxygen atoms in total. The van der Waals surface area contributed by atoms with Gasteiger partial charge in [0.05, 0.1) is 6.54 Å². The van der Waals surface area contributed by atoms with Gasteiger partial charge in [-0.1, -0.05) is 18.2 Å². The highest BCUT2D eigenvalue weighted by molar-refractivity contribution is 6.04. The van der Waals surface area contributed by atoms with Crippen molar-refractivity contribution in [2.45, 2.75) is 38.3 Å². The van der Waals surface area contributed by atoms with Crippen LogP contribution < -0.4 is 10.6 Å². The van der Waals surface area contributed by atoms with Crippen LogP contribution >= 0.6 is 0 Å². The summed E-state index contributed by atoms with van der Waals surface area (Å²) in [5.41, 5.74) is 1.30. The number of fused-ring (bicyclic) bond motifs is 1. The van der Waals surface area contributed by atoms with Gasteiger partial charge in [-0.15, -0.1) is 10.2 Å². The van der Waals surface area contributed by atoms with Gasteiger partial charge in [-0.3, -0.25) is 18.9 Å². The van der Waals surface area contributed by atoms with Gasteiger partial charge in [0, 0.05) is 25.6 Å². The van der Waals surface area contributed by atoms with Crippen LogP contribution in [0, 0.1) is 5.82 Å². The number of aryl methyl sites for hydroxylation is 1. The lowest BCUT2D eigenvalue weighted by Gasteiger charge is -2.13. The second-order valence-electron chi connectivity index (χ2n) is 7.59. The topological polar surface area (TPSA) is 109 Å². The summed E-state index contributed by atoms with van der Waals surface area (Å²) in [4.78, 5) is 37.8. The first-order valence-corrected chi connectivity index (χ1v) is 10.4. The van der Waals surface area contributed by atoms with Crippen LogP contribution in [0.2, 0.25) is 0 Å². The molecule has 32 heavy (non-hydrogen) atoms. The molecule has 0 radical (unpaired) electrons. The zero-order chi connectivity index (χ0) is 22.5. The quantitative estimate of drug-likeness (QED) is 0.391. The number of amides is 4. The lowest BCUT2D eigenvalue weighted by atomic mass is 10.1. The maximum atomic E-state index is 13.3. The molecule has 3 heterocycles. The minimum absolute atomic E-state index is 0.0115. The second kappa shape index (κ2) is 9.54. The van der Waals surface area contributed by atoms with Crippen molar-refractivity contribution < 1.29 is 18.8 Å². The van der Waals surface area contributed by atoms with Crippen molar-refractivity contribution in [2.24, 2.45) is 0 Å². The molecule has 4 amide bonds. The van der Waals surface area contributed by atoms with Gasteiger partial charge < -0.3 is 10.6 Å². The van der Waals surface area contributed by atoms with E-state index in [-0.39, 0.29) is 25.3 Å².